The fourth-order valence-electron chi connectivity index (χ4n) is 0.580. The molecule has 0 aromatic heterocycles. The van der Waals surface area contributed by atoms with Crippen LogP contribution in [-0.2, 0) is 0 Å². The van der Waals surface area contributed by atoms with E-state index in [1.54, 1.807) is 12.1 Å². The number of carbonyl (C=O) groups is 1. The second kappa shape index (κ2) is 5.86. The van der Waals surface area contributed by atoms with Crippen LogP contribution in [0.3, 0.4) is 0 Å². The summed E-state index contributed by atoms with van der Waals surface area (Å²) >= 11 is 3.24. The van der Waals surface area contributed by atoms with E-state index >= 15 is 0 Å². The van der Waals surface area contributed by atoms with Gasteiger partial charge in [-0.2, -0.15) is 0 Å². The summed E-state index contributed by atoms with van der Waals surface area (Å²) in [5.41, 5.74) is 0.698. The normalized spacial score (nSPS) is 7.73. The van der Waals surface area contributed by atoms with E-state index in [-0.39, 0.29) is 0 Å². The summed E-state index contributed by atoms with van der Waals surface area (Å²) in [6.07, 6.45) is 0.824. The summed E-state index contributed by atoms with van der Waals surface area (Å²) in [5.74, 6) is 0. The number of aldehydes is 1. The average Bonchev–Trinajstić information content (AvgIpc) is 2.08. The highest BCUT2D eigenvalue weighted by Crippen LogP contribution is 2.09. The van der Waals surface area contributed by atoms with Crippen LogP contribution >= 0.6 is 15.9 Å². The van der Waals surface area contributed by atoms with Crippen LogP contribution in [-0.4, -0.2) is 6.29 Å². The third kappa shape index (κ3) is 3.73. The van der Waals surface area contributed by atoms with Crippen molar-refractivity contribution in [1.82, 2.24) is 0 Å². The molecular weight excluding hydrogens is 204 g/mol. The van der Waals surface area contributed by atoms with Crippen molar-refractivity contribution < 1.29 is 4.79 Å². The lowest BCUT2D eigenvalue weighted by molar-refractivity contribution is 0.112. The largest absolute Gasteiger partial charge is 0.298 e. The van der Waals surface area contributed by atoms with E-state index < -0.39 is 0 Å². The molecule has 11 heavy (non-hydrogen) atoms. The Kier molecular flexibility index (Phi) is 5.39. The summed E-state index contributed by atoms with van der Waals surface area (Å²) < 4.78 is 0.937. The molecule has 0 aliphatic heterocycles. The van der Waals surface area contributed by atoms with Gasteiger partial charge in [-0.25, -0.2) is 0 Å². The Labute approximate surface area is 74.9 Å². The summed E-state index contributed by atoms with van der Waals surface area (Å²) in [5, 5.41) is 0. The van der Waals surface area contributed by atoms with E-state index in [0.29, 0.717) is 5.56 Å². The molecule has 0 atom stereocenters. The van der Waals surface area contributed by atoms with Gasteiger partial charge < -0.3 is 0 Å². The van der Waals surface area contributed by atoms with Crippen LogP contribution < -0.4 is 0 Å². The molecular formula is C9H9BrO. The van der Waals surface area contributed by atoms with Crippen molar-refractivity contribution in [2.45, 2.75) is 0 Å². The van der Waals surface area contributed by atoms with Crippen molar-refractivity contribution in [2.24, 2.45) is 0 Å². The maximum atomic E-state index is 10.1. The number of hydrogen-bond donors (Lipinski definition) is 0. The van der Waals surface area contributed by atoms with Gasteiger partial charge in [-0.1, -0.05) is 28.1 Å². The highest BCUT2D eigenvalue weighted by molar-refractivity contribution is 9.10. The molecule has 0 fully saturated rings. The Morgan fingerprint density at radius 1 is 1.36 bits per heavy atom. The summed E-state index contributed by atoms with van der Waals surface area (Å²) in [6, 6.07) is 7.24. The van der Waals surface area contributed by atoms with Gasteiger partial charge in [0.05, 0.1) is 0 Å². The maximum absolute atomic E-state index is 10.1. The van der Waals surface area contributed by atoms with Gasteiger partial charge in [0.15, 0.2) is 0 Å². The predicted molar refractivity (Wildman–Crippen MR) is 50.8 cm³/mol. The standard InChI is InChI=1S/C7H5BrO.C2H4/c8-7-3-1-2-6(4-7)5-9;1-2/h1-5H;1-2H2. The zero-order valence-corrected chi connectivity index (χ0v) is 7.67. The number of carbonyl (C=O) groups excluding carboxylic acids is 1. The van der Waals surface area contributed by atoms with Gasteiger partial charge in [0.2, 0.25) is 0 Å². The Morgan fingerprint density at radius 3 is 2.36 bits per heavy atom. The minimum absolute atomic E-state index is 0.698. The summed E-state index contributed by atoms with van der Waals surface area (Å²) in [6.45, 7) is 6.00. The first-order chi connectivity index (χ1) is 5.33. The number of hydrogen-bond acceptors (Lipinski definition) is 1. The topological polar surface area (TPSA) is 17.1 Å². The van der Waals surface area contributed by atoms with Crippen LogP contribution in [0.1, 0.15) is 10.4 Å². The predicted octanol–water partition coefficient (Wildman–Crippen LogP) is 3.06. The zero-order valence-electron chi connectivity index (χ0n) is 6.09. The zero-order chi connectivity index (χ0) is 8.69. The van der Waals surface area contributed by atoms with E-state index in [1.165, 1.54) is 0 Å². The first-order valence-corrected chi connectivity index (χ1v) is 3.83. The van der Waals surface area contributed by atoms with Gasteiger partial charge in [-0.05, 0) is 12.1 Å². The molecule has 0 amide bonds. The van der Waals surface area contributed by atoms with E-state index in [2.05, 4.69) is 29.1 Å². The van der Waals surface area contributed by atoms with Gasteiger partial charge in [0.25, 0.3) is 0 Å². The van der Waals surface area contributed by atoms with Crippen LogP contribution in [0, 0.1) is 0 Å². The lowest BCUT2D eigenvalue weighted by Gasteiger charge is -1.88. The highest BCUT2D eigenvalue weighted by Gasteiger charge is 1.87. The fraction of sp³-hybridized carbons (Fsp3) is 0. The molecule has 0 spiro atoms. The molecule has 0 radical (unpaired) electrons. The first kappa shape index (κ1) is 10.1. The van der Waals surface area contributed by atoms with Crippen LogP contribution in [0.25, 0.3) is 0 Å². The molecule has 0 bridgehead atoms. The van der Waals surface area contributed by atoms with Gasteiger partial charge in [-0.15, -0.1) is 13.2 Å². The third-order valence-electron chi connectivity index (χ3n) is 0.985. The van der Waals surface area contributed by atoms with Crippen molar-refractivity contribution in [3.8, 4) is 0 Å². The summed E-state index contributed by atoms with van der Waals surface area (Å²) in [4.78, 5) is 10.1. The Bertz CT molecular complexity index is 233. The summed E-state index contributed by atoms with van der Waals surface area (Å²) in [7, 11) is 0. The van der Waals surface area contributed by atoms with Crippen molar-refractivity contribution in [1.29, 1.82) is 0 Å². The van der Waals surface area contributed by atoms with Gasteiger partial charge in [0.1, 0.15) is 6.29 Å². The van der Waals surface area contributed by atoms with Crippen LogP contribution in [0.15, 0.2) is 41.9 Å². The fourth-order valence-corrected chi connectivity index (χ4v) is 0.997. The molecule has 1 aromatic rings. The van der Waals surface area contributed by atoms with Crippen molar-refractivity contribution in [3.63, 3.8) is 0 Å². The SMILES string of the molecule is C=C.O=Cc1cccc(Br)c1. The molecule has 2 heteroatoms. The first-order valence-electron chi connectivity index (χ1n) is 3.03. The molecule has 58 valence electrons. The molecule has 1 aromatic carbocycles. The Balaban J connectivity index is 0.000000461. The lowest BCUT2D eigenvalue weighted by Crippen LogP contribution is -1.75. The van der Waals surface area contributed by atoms with E-state index in [9.17, 15) is 4.79 Å². The molecule has 0 N–H and O–H groups in total. The van der Waals surface area contributed by atoms with Crippen molar-refractivity contribution >= 4 is 22.2 Å². The molecule has 1 rings (SSSR count). The van der Waals surface area contributed by atoms with Gasteiger partial charge >= 0.3 is 0 Å². The Hall–Kier alpha value is -0.890. The quantitative estimate of drug-likeness (QED) is 0.517. The Morgan fingerprint density at radius 2 is 2.00 bits per heavy atom. The van der Waals surface area contributed by atoms with Crippen molar-refractivity contribution in [2.75, 3.05) is 0 Å². The van der Waals surface area contributed by atoms with Crippen LogP contribution in [0.4, 0.5) is 0 Å². The monoisotopic (exact) mass is 212 g/mol. The van der Waals surface area contributed by atoms with E-state index in [0.717, 1.165) is 10.8 Å². The van der Waals surface area contributed by atoms with E-state index in [4.69, 9.17) is 0 Å². The number of halogens is 1. The second-order valence-electron chi connectivity index (χ2n) is 1.67. The minimum atomic E-state index is 0.698. The molecule has 0 aliphatic rings. The van der Waals surface area contributed by atoms with Crippen LogP contribution in [0.2, 0.25) is 0 Å². The average molecular weight is 213 g/mol. The minimum Gasteiger partial charge on any atom is -0.298 e. The lowest BCUT2D eigenvalue weighted by atomic mass is 10.2. The third-order valence-corrected chi connectivity index (χ3v) is 1.48. The van der Waals surface area contributed by atoms with Crippen LogP contribution in [0.5, 0.6) is 0 Å². The van der Waals surface area contributed by atoms with Crippen molar-refractivity contribution in [3.05, 3.63) is 47.5 Å². The van der Waals surface area contributed by atoms with E-state index in [1.807, 2.05) is 12.1 Å². The smallest absolute Gasteiger partial charge is 0.150 e. The molecule has 0 saturated carbocycles. The second-order valence-corrected chi connectivity index (χ2v) is 2.59. The molecule has 0 heterocycles. The molecule has 1 nitrogen and oxygen atoms in total. The molecule has 0 unspecified atom stereocenters. The van der Waals surface area contributed by atoms with Gasteiger partial charge in [-0.3, -0.25) is 4.79 Å². The number of rotatable bonds is 1. The highest BCUT2D eigenvalue weighted by atomic mass is 79.9. The molecule has 0 saturated heterocycles. The maximum Gasteiger partial charge on any atom is 0.150 e. The molecule has 0 aliphatic carbocycles. The van der Waals surface area contributed by atoms with Gasteiger partial charge in [0, 0.05) is 10.0 Å². The number of benzene rings is 1.